The molecule has 122 valence electrons. The van der Waals surface area contributed by atoms with Crippen LogP contribution in [0, 0.1) is 18.7 Å². The molecule has 2 atom stereocenters. The van der Waals surface area contributed by atoms with Crippen LogP contribution in [0.5, 0.6) is 0 Å². The van der Waals surface area contributed by atoms with Gasteiger partial charge in [0.05, 0.1) is 4.88 Å². The molecule has 2 aromatic rings. The molecule has 1 aliphatic rings. The molecule has 3 rings (SSSR count). The molecule has 1 amide bonds. The Hall–Kier alpha value is -1.72. The largest absolute Gasteiger partial charge is 0.347 e. The summed E-state index contributed by atoms with van der Waals surface area (Å²) < 4.78 is 13.1. The van der Waals surface area contributed by atoms with E-state index in [4.69, 9.17) is 0 Å². The van der Waals surface area contributed by atoms with Gasteiger partial charge < -0.3 is 10.6 Å². The first kappa shape index (κ1) is 16.1. The molecule has 0 radical (unpaired) electrons. The summed E-state index contributed by atoms with van der Waals surface area (Å²) in [5.41, 5.74) is 1.93. The van der Waals surface area contributed by atoms with Gasteiger partial charge in [-0.3, -0.25) is 4.79 Å². The summed E-state index contributed by atoms with van der Waals surface area (Å²) in [6.07, 6.45) is 1.08. The maximum absolute atomic E-state index is 13.1. The normalized spacial score (nSPS) is 21.2. The van der Waals surface area contributed by atoms with Gasteiger partial charge in [0.15, 0.2) is 0 Å². The molecule has 5 heteroatoms. The zero-order valence-electron chi connectivity index (χ0n) is 13.4. The summed E-state index contributed by atoms with van der Waals surface area (Å²) in [5, 5.41) is 6.46. The van der Waals surface area contributed by atoms with Gasteiger partial charge in [-0.05, 0) is 55.1 Å². The number of hydrogen-bond donors (Lipinski definition) is 2. The lowest BCUT2D eigenvalue weighted by atomic mass is 9.95. The van der Waals surface area contributed by atoms with Crippen LogP contribution in [0.15, 0.2) is 30.3 Å². The first-order valence-corrected chi connectivity index (χ1v) is 8.74. The van der Waals surface area contributed by atoms with Gasteiger partial charge in [0, 0.05) is 17.5 Å². The zero-order chi connectivity index (χ0) is 16.4. The Kier molecular flexibility index (Phi) is 4.78. The van der Waals surface area contributed by atoms with Crippen molar-refractivity contribution in [2.75, 3.05) is 13.1 Å². The maximum atomic E-state index is 13.1. The number of amides is 1. The number of halogens is 1. The Balaban J connectivity index is 1.77. The molecule has 2 N–H and O–H groups in total. The Bertz CT molecular complexity index is 696. The highest BCUT2D eigenvalue weighted by Crippen LogP contribution is 2.31. The van der Waals surface area contributed by atoms with Crippen LogP contribution < -0.4 is 10.6 Å². The molecule has 0 bridgehead atoms. The van der Waals surface area contributed by atoms with E-state index in [1.165, 1.54) is 23.5 Å². The average Bonchev–Trinajstić information content (AvgIpc) is 2.92. The Morgan fingerprint density at radius 3 is 2.78 bits per heavy atom. The minimum Gasteiger partial charge on any atom is -0.347 e. The van der Waals surface area contributed by atoms with Crippen LogP contribution in [0.3, 0.4) is 0 Å². The van der Waals surface area contributed by atoms with Crippen molar-refractivity contribution in [2.24, 2.45) is 5.92 Å². The van der Waals surface area contributed by atoms with Crippen molar-refractivity contribution in [3.8, 4) is 11.1 Å². The van der Waals surface area contributed by atoms with Gasteiger partial charge in [0.1, 0.15) is 5.82 Å². The van der Waals surface area contributed by atoms with Gasteiger partial charge in [-0.1, -0.05) is 19.1 Å². The van der Waals surface area contributed by atoms with Gasteiger partial charge in [0.25, 0.3) is 5.91 Å². The van der Waals surface area contributed by atoms with E-state index in [2.05, 4.69) is 17.6 Å². The molecular formula is C18H21FN2OS. The minimum atomic E-state index is -0.251. The Labute approximate surface area is 139 Å². The number of benzene rings is 1. The summed E-state index contributed by atoms with van der Waals surface area (Å²) in [6, 6.07) is 8.47. The third-order valence-corrected chi connectivity index (χ3v) is 5.49. The van der Waals surface area contributed by atoms with Crippen molar-refractivity contribution in [2.45, 2.75) is 26.3 Å². The summed E-state index contributed by atoms with van der Waals surface area (Å²) in [4.78, 5) is 14.3. The van der Waals surface area contributed by atoms with E-state index in [1.807, 2.05) is 13.0 Å². The number of hydrogen-bond acceptors (Lipinski definition) is 3. The van der Waals surface area contributed by atoms with Crippen LogP contribution in [0.1, 0.15) is 27.9 Å². The second-order valence-electron chi connectivity index (χ2n) is 6.14. The number of aryl methyl sites for hydroxylation is 1. The second kappa shape index (κ2) is 6.81. The third kappa shape index (κ3) is 3.62. The van der Waals surface area contributed by atoms with Crippen LogP contribution >= 0.6 is 11.3 Å². The summed E-state index contributed by atoms with van der Waals surface area (Å²) in [5.74, 6) is 0.211. The highest BCUT2D eigenvalue weighted by molar-refractivity contribution is 7.14. The molecule has 2 unspecified atom stereocenters. The van der Waals surface area contributed by atoms with Crippen molar-refractivity contribution in [3.05, 3.63) is 45.9 Å². The predicted molar refractivity (Wildman–Crippen MR) is 92.4 cm³/mol. The molecule has 1 aromatic heterocycles. The topological polar surface area (TPSA) is 41.1 Å². The number of thiophene rings is 1. The zero-order valence-corrected chi connectivity index (χ0v) is 14.2. The van der Waals surface area contributed by atoms with Crippen molar-refractivity contribution < 1.29 is 9.18 Å². The van der Waals surface area contributed by atoms with Gasteiger partial charge in [-0.25, -0.2) is 4.39 Å². The van der Waals surface area contributed by atoms with E-state index >= 15 is 0 Å². The number of carbonyl (C=O) groups is 1. The smallest absolute Gasteiger partial charge is 0.261 e. The standard InChI is InChI=1S/C18H21FN2OS/c1-11-7-8-20-10-16(11)21-18(22)17-9-15(12(2)23-17)13-3-5-14(19)6-4-13/h3-6,9,11,16,20H,7-8,10H2,1-2H3,(H,21,22). The summed E-state index contributed by atoms with van der Waals surface area (Å²) in [7, 11) is 0. The Morgan fingerprint density at radius 2 is 2.09 bits per heavy atom. The second-order valence-corrected chi connectivity index (χ2v) is 7.39. The molecule has 23 heavy (non-hydrogen) atoms. The van der Waals surface area contributed by atoms with Gasteiger partial charge in [0.2, 0.25) is 0 Å². The first-order valence-electron chi connectivity index (χ1n) is 7.92. The fourth-order valence-electron chi connectivity index (χ4n) is 2.93. The fraction of sp³-hybridized carbons (Fsp3) is 0.389. The van der Waals surface area contributed by atoms with Crippen molar-refractivity contribution in [1.82, 2.24) is 10.6 Å². The number of carbonyl (C=O) groups excluding carboxylic acids is 1. The lowest BCUT2D eigenvalue weighted by molar-refractivity contribution is 0.0919. The van der Waals surface area contributed by atoms with Crippen molar-refractivity contribution in [1.29, 1.82) is 0 Å². The summed E-state index contributed by atoms with van der Waals surface area (Å²) in [6.45, 7) is 6.00. The molecule has 0 spiro atoms. The van der Waals surface area contributed by atoms with E-state index in [-0.39, 0.29) is 17.8 Å². The lowest BCUT2D eigenvalue weighted by Gasteiger charge is -2.30. The lowest BCUT2D eigenvalue weighted by Crippen LogP contribution is -2.50. The van der Waals surface area contributed by atoms with Gasteiger partial charge in [-0.2, -0.15) is 0 Å². The minimum absolute atomic E-state index is 0.0213. The molecule has 1 aliphatic heterocycles. The van der Waals surface area contributed by atoms with E-state index in [0.29, 0.717) is 10.8 Å². The van der Waals surface area contributed by atoms with Crippen LogP contribution in [-0.4, -0.2) is 25.0 Å². The monoisotopic (exact) mass is 332 g/mol. The quantitative estimate of drug-likeness (QED) is 0.902. The molecule has 1 fully saturated rings. The molecular weight excluding hydrogens is 311 g/mol. The third-order valence-electron chi connectivity index (χ3n) is 4.44. The average molecular weight is 332 g/mol. The Morgan fingerprint density at radius 1 is 1.35 bits per heavy atom. The van der Waals surface area contributed by atoms with E-state index in [0.717, 1.165) is 35.5 Å². The van der Waals surface area contributed by atoms with Crippen LogP contribution in [0.25, 0.3) is 11.1 Å². The maximum Gasteiger partial charge on any atom is 0.261 e. The molecule has 0 saturated carbocycles. The molecule has 1 aromatic carbocycles. The highest BCUT2D eigenvalue weighted by Gasteiger charge is 2.24. The summed E-state index contributed by atoms with van der Waals surface area (Å²) >= 11 is 1.49. The molecule has 2 heterocycles. The SMILES string of the molecule is Cc1sc(C(=O)NC2CNCCC2C)cc1-c1ccc(F)cc1. The van der Waals surface area contributed by atoms with Crippen molar-refractivity contribution >= 4 is 17.2 Å². The van der Waals surface area contributed by atoms with Crippen LogP contribution in [-0.2, 0) is 0 Å². The fourth-order valence-corrected chi connectivity index (χ4v) is 3.88. The van der Waals surface area contributed by atoms with Crippen LogP contribution in [0.4, 0.5) is 4.39 Å². The number of piperidine rings is 1. The first-order chi connectivity index (χ1) is 11.0. The molecule has 1 saturated heterocycles. The number of rotatable bonds is 3. The van der Waals surface area contributed by atoms with Gasteiger partial charge >= 0.3 is 0 Å². The molecule has 0 aliphatic carbocycles. The van der Waals surface area contributed by atoms with E-state index < -0.39 is 0 Å². The predicted octanol–water partition coefficient (Wildman–Crippen LogP) is 3.59. The van der Waals surface area contributed by atoms with E-state index in [9.17, 15) is 9.18 Å². The van der Waals surface area contributed by atoms with Crippen molar-refractivity contribution in [3.63, 3.8) is 0 Å². The van der Waals surface area contributed by atoms with E-state index in [1.54, 1.807) is 12.1 Å². The highest BCUT2D eigenvalue weighted by atomic mass is 32.1. The molecule has 3 nitrogen and oxygen atoms in total. The number of nitrogens with one attached hydrogen (secondary N) is 2. The van der Waals surface area contributed by atoms with Gasteiger partial charge in [-0.15, -0.1) is 11.3 Å². The van der Waals surface area contributed by atoms with Crippen LogP contribution in [0.2, 0.25) is 0 Å².